The van der Waals surface area contributed by atoms with E-state index in [1.54, 1.807) is 12.1 Å². The molecular weight excluding hydrogens is 276 g/mol. The first kappa shape index (κ1) is 15.1. The average Bonchev–Trinajstić information content (AvgIpc) is 2.88. The fourth-order valence-corrected chi connectivity index (χ4v) is 3.21. The van der Waals surface area contributed by atoms with Crippen LogP contribution >= 0.6 is 11.6 Å². The standard InChI is InChI=1S/C15H21ClN2O2/c1-11(2)10-17(12-6-3-4-7-12)14-9-5-8-13(16)15(14)18(19)20/h5,8-9,11-12H,3-4,6-7,10H2,1-2H3. The summed E-state index contributed by atoms with van der Waals surface area (Å²) in [5, 5.41) is 11.6. The summed E-state index contributed by atoms with van der Waals surface area (Å²) < 4.78 is 0. The predicted molar refractivity (Wildman–Crippen MR) is 82.5 cm³/mol. The molecule has 5 heteroatoms. The Morgan fingerprint density at radius 3 is 2.60 bits per heavy atom. The van der Waals surface area contributed by atoms with E-state index in [0.29, 0.717) is 17.6 Å². The van der Waals surface area contributed by atoms with E-state index in [-0.39, 0.29) is 15.6 Å². The topological polar surface area (TPSA) is 46.4 Å². The molecule has 0 amide bonds. The maximum atomic E-state index is 11.3. The minimum atomic E-state index is -0.361. The van der Waals surface area contributed by atoms with Crippen molar-refractivity contribution in [3.8, 4) is 0 Å². The molecule has 0 aromatic heterocycles. The van der Waals surface area contributed by atoms with Crippen molar-refractivity contribution in [3.63, 3.8) is 0 Å². The highest BCUT2D eigenvalue weighted by molar-refractivity contribution is 6.33. The van der Waals surface area contributed by atoms with Crippen molar-refractivity contribution in [1.29, 1.82) is 0 Å². The van der Waals surface area contributed by atoms with Crippen LogP contribution in [0.5, 0.6) is 0 Å². The smallest absolute Gasteiger partial charge is 0.310 e. The summed E-state index contributed by atoms with van der Waals surface area (Å²) in [7, 11) is 0. The van der Waals surface area contributed by atoms with Gasteiger partial charge in [0.15, 0.2) is 0 Å². The van der Waals surface area contributed by atoms with Gasteiger partial charge in [-0.3, -0.25) is 10.1 Å². The number of benzene rings is 1. The highest BCUT2D eigenvalue weighted by Crippen LogP contribution is 2.38. The molecule has 0 radical (unpaired) electrons. The van der Waals surface area contributed by atoms with Gasteiger partial charge in [0.05, 0.1) is 4.92 Å². The van der Waals surface area contributed by atoms with Gasteiger partial charge in [0, 0.05) is 12.6 Å². The van der Waals surface area contributed by atoms with E-state index in [1.807, 2.05) is 6.07 Å². The van der Waals surface area contributed by atoms with Crippen LogP contribution in [0.1, 0.15) is 39.5 Å². The summed E-state index contributed by atoms with van der Waals surface area (Å²) in [6.45, 7) is 5.10. The van der Waals surface area contributed by atoms with Crippen LogP contribution in [-0.4, -0.2) is 17.5 Å². The lowest BCUT2D eigenvalue weighted by Crippen LogP contribution is -2.36. The molecule has 0 bridgehead atoms. The Labute approximate surface area is 124 Å². The first-order valence-corrected chi connectivity index (χ1v) is 7.58. The number of nitro benzene ring substituents is 1. The normalized spacial score (nSPS) is 15.8. The van der Waals surface area contributed by atoms with Crippen LogP contribution in [0.2, 0.25) is 5.02 Å². The molecule has 1 saturated carbocycles. The Morgan fingerprint density at radius 1 is 1.40 bits per heavy atom. The monoisotopic (exact) mass is 296 g/mol. The highest BCUT2D eigenvalue weighted by Gasteiger charge is 2.29. The lowest BCUT2D eigenvalue weighted by atomic mass is 10.1. The van der Waals surface area contributed by atoms with Crippen molar-refractivity contribution in [2.45, 2.75) is 45.6 Å². The molecule has 0 heterocycles. The minimum absolute atomic E-state index is 0.0433. The second-order valence-electron chi connectivity index (χ2n) is 5.85. The second kappa shape index (κ2) is 6.44. The van der Waals surface area contributed by atoms with E-state index in [0.717, 1.165) is 19.4 Å². The van der Waals surface area contributed by atoms with E-state index in [4.69, 9.17) is 11.6 Å². The van der Waals surface area contributed by atoms with Gasteiger partial charge >= 0.3 is 5.69 Å². The molecule has 1 aliphatic rings. The van der Waals surface area contributed by atoms with Gasteiger partial charge in [-0.15, -0.1) is 0 Å². The summed E-state index contributed by atoms with van der Waals surface area (Å²) in [6, 6.07) is 5.61. The van der Waals surface area contributed by atoms with E-state index < -0.39 is 0 Å². The zero-order valence-corrected chi connectivity index (χ0v) is 12.8. The third-order valence-electron chi connectivity index (χ3n) is 3.78. The fraction of sp³-hybridized carbons (Fsp3) is 0.600. The molecule has 4 nitrogen and oxygen atoms in total. The van der Waals surface area contributed by atoms with Gasteiger partial charge in [0.25, 0.3) is 0 Å². The van der Waals surface area contributed by atoms with E-state index >= 15 is 0 Å². The van der Waals surface area contributed by atoms with Gasteiger partial charge in [-0.2, -0.15) is 0 Å². The van der Waals surface area contributed by atoms with Crippen molar-refractivity contribution in [1.82, 2.24) is 0 Å². The minimum Gasteiger partial charge on any atom is -0.363 e. The zero-order chi connectivity index (χ0) is 14.7. The number of rotatable bonds is 5. The Kier molecular flexibility index (Phi) is 4.86. The lowest BCUT2D eigenvalue weighted by Gasteiger charge is -2.32. The number of para-hydroxylation sites is 1. The van der Waals surface area contributed by atoms with Gasteiger partial charge in [-0.25, -0.2) is 0 Å². The van der Waals surface area contributed by atoms with Crippen LogP contribution in [0.4, 0.5) is 11.4 Å². The van der Waals surface area contributed by atoms with Crippen molar-refractivity contribution in [3.05, 3.63) is 33.3 Å². The van der Waals surface area contributed by atoms with Crippen LogP contribution in [-0.2, 0) is 0 Å². The van der Waals surface area contributed by atoms with Crippen LogP contribution < -0.4 is 4.90 Å². The van der Waals surface area contributed by atoms with E-state index in [9.17, 15) is 10.1 Å². The lowest BCUT2D eigenvalue weighted by molar-refractivity contribution is -0.384. The maximum Gasteiger partial charge on any atom is 0.310 e. The molecule has 0 aliphatic heterocycles. The van der Waals surface area contributed by atoms with Gasteiger partial charge in [0.2, 0.25) is 0 Å². The van der Waals surface area contributed by atoms with Crippen LogP contribution in [0.15, 0.2) is 18.2 Å². The van der Waals surface area contributed by atoms with Crippen molar-refractivity contribution in [2.75, 3.05) is 11.4 Å². The SMILES string of the molecule is CC(C)CN(c1cccc(Cl)c1[N+](=O)[O-])C1CCCC1. The van der Waals surface area contributed by atoms with Crippen LogP contribution in [0, 0.1) is 16.0 Å². The van der Waals surface area contributed by atoms with Crippen LogP contribution in [0.3, 0.4) is 0 Å². The molecule has 1 aromatic carbocycles. The summed E-state index contributed by atoms with van der Waals surface area (Å²) in [6.07, 6.45) is 4.62. The number of nitrogens with zero attached hydrogens (tertiary/aromatic N) is 2. The molecular formula is C15H21ClN2O2. The molecule has 20 heavy (non-hydrogen) atoms. The van der Waals surface area contributed by atoms with Crippen molar-refractivity contribution in [2.24, 2.45) is 5.92 Å². The maximum absolute atomic E-state index is 11.3. The second-order valence-corrected chi connectivity index (χ2v) is 6.26. The number of hydrogen-bond acceptors (Lipinski definition) is 3. The highest BCUT2D eigenvalue weighted by atomic mass is 35.5. The molecule has 1 aliphatic carbocycles. The molecule has 0 saturated heterocycles. The Bertz CT molecular complexity index is 485. The fourth-order valence-electron chi connectivity index (χ4n) is 2.97. The molecule has 0 N–H and O–H groups in total. The number of nitro groups is 1. The van der Waals surface area contributed by atoms with E-state index in [2.05, 4.69) is 18.7 Å². The Balaban J connectivity index is 2.42. The summed E-state index contributed by atoms with van der Waals surface area (Å²) in [5.74, 6) is 0.453. The van der Waals surface area contributed by atoms with Gasteiger partial charge < -0.3 is 4.90 Å². The summed E-state index contributed by atoms with van der Waals surface area (Å²) >= 11 is 6.04. The van der Waals surface area contributed by atoms with Crippen molar-refractivity contribution >= 4 is 23.0 Å². The number of anilines is 1. The first-order valence-electron chi connectivity index (χ1n) is 7.20. The van der Waals surface area contributed by atoms with Crippen molar-refractivity contribution < 1.29 is 4.92 Å². The average molecular weight is 297 g/mol. The number of halogens is 1. The Hall–Kier alpha value is -1.29. The molecule has 1 aromatic rings. The summed E-state index contributed by atoms with van der Waals surface area (Å²) in [5.41, 5.74) is 0.713. The summed E-state index contributed by atoms with van der Waals surface area (Å²) in [4.78, 5) is 13.2. The molecule has 0 atom stereocenters. The molecule has 0 spiro atoms. The Morgan fingerprint density at radius 2 is 2.05 bits per heavy atom. The van der Waals surface area contributed by atoms with Crippen LogP contribution in [0.25, 0.3) is 0 Å². The van der Waals surface area contributed by atoms with Gasteiger partial charge in [-0.05, 0) is 30.9 Å². The quantitative estimate of drug-likeness (QED) is 0.587. The predicted octanol–water partition coefficient (Wildman–Crippen LogP) is 4.65. The third kappa shape index (κ3) is 3.23. The first-order chi connectivity index (χ1) is 9.50. The molecule has 110 valence electrons. The molecule has 1 fully saturated rings. The molecule has 0 unspecified atom stereocenters. The number of hydrogen-bond donors (Lipinski definition) is 0. The zero-order valence-electron chi connectivity index (χ0n) is 12.0. The van der Waals surface area contributed by atoms with Gasteiger partial charge in [-0.1, -0.05) is 44.4 Å². The van der Waals surface area contributed by atoms with E-state index in [1.165, 1.54) is 12.8 Å². The largest absolute Gasteiger partial charge is 0.363 e. The molecule has 2 rings (SSSR count). The third-order valence-corrected chi connectivity index (χ3v) is 4.09. The van der Waals surface area contributed by atoms with Gasteiger partial charge in [0.1, 0.15) is 10.7 Å².